The Bertz CT molecular complexity index is 826. The van der Waals surface area contributed by atoms with Gasteiger partial charge in [0, 0.05) is 12.2 Å². The largest absolute Gasteiger partial charge is 0.494 e. The highest BCUT2D eigenvalue weighted by atomic mass is 32.2. The number of carbonyl (C=O) groups is 1. The van der Waals surface area contributed by atoms with Crippen molar-refractivity contribution >= 4 is 34.1 Å². The first-order valence-corrected chi connectivity index (χ1v) is 10.6. The molecule has 3 aromatic rings. The fourth-order valence-corrected chi connectivity index (χ4v) is 4.08. The second-order valence-electron chi connectivity index (χ2n) is 5.77. The number of carbonyl (C=O) groups excluding carboxylic acids is 1. The average Bonchev–Trinajstić information content (AvgIpc) is 3.15. The van der Waals surface area contributed by atoms with E-state index in [0.29, 0.717) is 24.6 Å². The molecule has 3 rings (SSSR count). The molecule has 0 aliphatic rings. The summed E-state index contributed by atoms with van der Waals surface area (Å²) in [4.78, 5) is 12.0. The molecule has 1 aromatic heterocycles. The summed E-state index contributed by atoms with van der Waals surface area (Å²) in [7, 11) is 0. The van der Waals surface area contributed by atoms with Crippen LogP contribution in [0.1, 0.15) is 18.4 Å². The molecule has 0 fully saturated rings. The van der Waals surface area contributed by atoms with E-state index in [1.807, 2.05) is 60.7 Å². The molecule has 0 aliphatic carbocycles. The van der Waals surface area contributed by atoms with Crippen molar-refractivity contribution in [1.82, 2.24) is 10.2 Å². The Hall–Kier alpha value is -2.38. The molecule has 1 N–H and O–H groups in total. The van der Waals surface area contributed by atoms with Gasteiger partial charge in [-0.1, -0.05) is 71.6 Å². The van der Waals surface area contributed by atoms with Crippen molar-refractivity contribution in [2.75, 3.05) is 17.7 Å². The highest BCUT2D eigenvalue weighted by Crippen LogP contribution is 2.26. The lowest BCUT2D eigenvalue weighted by Crippen LogP contribution is -2.12. The first-order chi connectivity index (χ1) is 13.3. The minimum absolute atomic E-state index is 0.0391. The second kappa shape index (κ2) is 10.7. The standard InChI is InChI=1S/C20H21N3O2S2/c24-18(13-12-16-8-3-1-4-9-16)21-19-22-23-20(27-19)26-15-7-14-25-17-10-5-2-6-11-17/h1-6,8-11H,7,12-15H2,(H,21,22,24). The summed E-state index contributed by atoms with van der Waals surface area (Å²) in [5, 5.41) is 11.5. The van der Waals surface area contributed by atoms with Gasteiger partial charge in [-0.2, -0.15) is 0 Å². The zero-order chi connectivity index (χ0) is 18.7. The summed E-state index contributed by atoms with van der Waals surface area (Å²) in [6.07, 6.45) is 2.06. The van der Waals surface area contributed by atoms with Gasteiger partial charge in [0.05, 0.1) is 6.61 Å². The smallest absolute Gasteiger partial charge is 0.226 e. The van der Waals surface area contributed by atoms with E-state index in [0.717, 1.165) is 27.8 Å². The number of para-hydroxylation sites is 1. The van der Waals surface area contributed by atoms with Crippen LogP contribution < -0.4 is 10.1 Å². The van der Waals surface area contributed by atoms with Crippen LogP contribution in [-0.2, 0) is 11.2 Å². The molecule has 1 amide bonds. The molecule has 0 bridgehead atoms. The first-order valence-electron chi connectivity index (χ1n) is 8.77. The van der Waals surface area contributed by atoms with Crippen molar-refractivity contribution in [2.24, 2.45) is 0 Å². The van der Waals surface area contributed by atoms with Gasteiger partial charge in [-0.3, -0.25) is 4.79 Å². The van der Waals surface area contributed by atoms with Gasteiger partial charge in [-0.05, 0) is 30.5 Å². The molecule has 0 aliphatic heterocycles. The third-order valence-corrected chi connectivity index (χ3v) is 5.72. The number of anilines is 1. The van der Waals surface area contributed by atoms with Crippen LogP contribution >= 0.6 is 23.1 Å². The van der Waals surface area contributed by atoms with Crippen LogP contribution in [0.3, 0.4) is 0 Å². The number of aryl methyl sites for hydroxylation is 1. The number of hydrogen-bond acceptors (Lipinski definition) is 6. The van der Waals surface area contributed by atoms with Gasteiger partial charge in [-0.25, -0.2) is 0 Å². The van der Waals surface area contributed by atoms with Crippen LogP contribution in [0.25, 0.3) is 0 Å². The zero-order valence-corrected chi connectivity index (χ0v) is 16.5. The molecule has 5 nitrogen and oxygen atoms in total. The van der Waals surface area contributed by atoms with Crippen LogP contribution in [0, 0.1) is 0 Å². The maximum Gasteiger partial charge on any atom is 0.226 e. The molecule has 27 heavy (non-hydrogen) atoms. The van der Waals surface area contributed by atoms with E-state index in [1.165, 1.54) is 11.3 Å². The topological polar surface area (TPSA) is 64.1 Å². The Kier molecular flexibility index (Phi) is 7.68. The number of benzene rings is 2. The van der Waals surface area contributed by atoms with Crippen molar-refractivity contribution in [3.05, 3.63) is 66.2 Å². The summed E-state index contributed by atoms with van der Waals surface area (Å²) in [6.45, 7) is 0.666. The number of aromatic nitrogens is 2. The maximum atomic E-state index is 12.0. The van der Waals surface area contributed by atoms with E-state index in [1.54, 1.807) is 11.8 Å². The highest BCUT2D eigenvalue weighted by Gasteiger charge is 2.09. The van der Waals surface area contributed by atoms with Crippen LogP contribution in [0.2, 0.25) is 0 Å². The molecule has 0 radical (unpaired) electrons. The second-order valence-corrected chi connectivity index (χ2v) is 8.09. The minimum Gasteiger partial charge on any atom is -0.494 e. The van der Waals surface area contributed by atoms with E-state index in [2.05, 4.69) is 15.5 Å². The zero-order valence-electron chi connectivity index (χ0n) is 14.8. The van der Waals surface area contributed by atoms with Gasteiger partial charge >= 0.3 is 0 Å². The number of nitrogens with one attached hydrogen (secondary N) is 1. The number of rotatable bonds is 10. The monoisotopic (exact) mass is 399 g/mol. The van der Waals surface area contributed by atoms with Gasteiger partial charge in [0.2, 0.25) is 11.0 Å². The van der Waals surface area contributed by atoms with E-state index < -0.39 is 0 Å². The summed E-state index contributed by atoms with van der Waals surface area (Å²) < 4.78 is 6.52. The van der Waals surface area contributed by atoms with Gasteiger partial charge < -0.3 is 10.1 Å². The Labute approximate surface area is 167 Å². The molecular formula is C20H21N3O2S2. The third-order valence-electron chi connectivity index (χ3n) is 3.66. The summed E-state index contributed by atoms with van der Waals surface area (Å²) in [6, 6.07) is 19.8. The number of ether oxygens (including phenoxy) is 1. The predicted molar refractivity (Wildman–Crippen MR) is 111 cm³/mol. The van der Waals surface area contributed by atoms with E-state index in [9.17, 15) is 4.79 Å². The Morgan fingerprint density at radius 3 is 2.56 bits per heavy atom. The number of amides is 1. The van der Waals surface area contributed by atoms with E-state index >= 15 is 0 Å². The number of hydrogen-bond donors (Lipinski definition) is 1. The third kappa shape index (κ3) is 7.03. The molecule has 0 spiro atoms. The van der Waals surface area contributed by atoms with Crippen molar-refractivity contribution < 1.29 is 9.53 Å². The minimum atomic E-state index is -0.0391. The van der Waals surface area contributed by atoms with Crippen molar-refractivity contribution in [3.8, 4) is 5.75 Å². The lowest BCUT2D eigenvalue weighted by Gasteiger charge is -2.04. The van der Waals surface area contributed by atoms with Crippen LogP contribution in [0.5, 0.6) is 5.75 Å². The molecule has 140 valence electrons. The molecular weight excluding hydrogens is 378 g/mol. The lowest BCUT2D eigenvalue weighted by molar-refractivity contribution is -0.116. The summed E-state index contributed by atoms with van der Waals surface area (Å²) >= 11 is 3.03. The van der Waals surface area contributed by atoms with Crippen LogP contribution in [0.15, 0.2) is 65.0 Å². The first kappa shape index (κ1) is 19.4. The van der Waals surface area contributed by atoms with Crippen molar-refractivity contribution in [1.29, 1.82) is 0 Å². The lowest BCUT2D eigenvalue weighted by atomic mass is 10.1. The fraction of sp³-hybridized carbons (Fsp3) is 0.250. The fourth-order valence-electron chi connectivity index (χ4n) is 2.33. The molecule has 0 saturated heterocycles. The Morgan fingerprint density at radius 2 is 1.78 bits per heavy atom. The van der Waals surface area contributed by atoms with Gasteiger partial charge in [0.25, 0.3) is 0 Å². The number of nitrogens with zero attached hydrogens (tertiary/aromatic N) is 2. The van der Waals surface area contributed by atoms with E-state index in [-0.39, 0.29) is 5.91 Å². The average molecular weight is 400 g/mol. The van der Waals surface area contributed by atoms with Crippen LogP contribution in [-0.4, -0.2) is 28.5 Å². The van der Waals surface area contributed by atoms with Crippen molar-refractivity contribution in [3.63, 3.8) is 0 Å². The molecule has 1 heterocycles. The predicted octanol–water partition coefficient (Wildman–Crippen LogP) is 4.67. The Morgan fingerprint density at radius 1 is 1.04 bits per heavy atom. The van der Waals surface area contributed by atoms with Gasteiger partial charge in [-0.15, -0.1) is 10.2 Å². The van der Waals surface area contributed by atoms with Gasteiger partial charge in [0.1, 0.15) is 5.75 Å². The van der Waals surface area contributed by atoms with Crippen molar-refractivity contribution in [2.45, 2.75) is 23.6 Å². The maximum absolute atomic E-state index is 12.0. The van der Waals surface area contributed by atoms with Crippen LogP contribution in [0.4, 0.5) is 5.13 Å². The highest BCUT2D eigenvalue weighted by molar-refractivity contribution is 8.01. The molecule has 0 saturated carbocycles. The molecule has 0 atom stereocenters. The quantitative estimate of drug-likeness (QED) is 0.305. The SMILES string of the molecule is O=C(CCc1ccccc1)Nc1nnc(SCCCOc2ccccc2)s1. The van der Waals surface area contributed by atoms with E-state index in [4.69, 9.17) is 4.74 Å². The van der Waals surface area contributed by atoms with Gasteiger partial charge in [0.15, 0.2) is 4.34 Å². The summed E-state index contributed by atoms with van der Waals surface area (Å²) in [5.41, 5.74) is 1.15. The summed E-state index contributed by atoms with van der Waals surface area (Å²) in [5.74, 6) is 1.74. The Balaban J connectivity index is 1.32. The molecule has 7 heteroatoms. The number of thioether (sulfide) groups is 1. The molecule has 0 unspecified atom stereocenters. The molecule has 2 aromatic carbocycles. The normalized spacial score (nSPS) is 10.5.